The molecule has 7 heteroatoms. The standard InChI is InChI=1S/C26H38N2O5/c29-25(16-22-17-30-14-15-31-22)27-21-6-4-19(5-7-21)8-11-28-12-9-20(10-13-28)23-2-1-3-24-26(23)33-18-32-24/h1-3,19-22H,4-18H2,(H,27,29)/t19?,21?,22-/m1/s1. The second-order valence-corrected chi connectivity index (χ2v) is 10.0. The van der Waals surface area contributed by atoms with E-state index >= 15 is 0 Å². The van der Waals surface area contributed by atoms with Gasteiger partial charge in [0.15, 0.2) is 11.5 Å². The van der Waals surface area contributed by atoms with Gasteiger partial charge < -0.3 is 29.2 Å². The number of carbonyl (C=O) groups is 1. The molecule has 0 spiro atoms. The molecule has 3 aliphatic heterocycles. The third-order valence-corrected chi connectivity index (χ3v) is 7.82. The summed E-state index contributed by atoms with van der Waals surface area (Å²) >= 11 is 0. The molecule has 0 bridgehead atoms. The maximum atomic E-state index is 12.3. The molecule has 1 atom stereocenters. The summed E-state index contributed by atoms with van der Waals surface area (Å²) in [5.74, 6) is 3.34. The summed E-state index contributed by atoms with van der Waals surface area (Å²) in [6.07, 6.45) is 8.63. The van der Waals surface area contributed by atoms with Crippen LogP contribution in [0.4, 0.5) is 0 Å². The zero-order valence-corrected chi connectivity index (χ0v) is 19.6. The van der Waals surface area contributed by atoms with Crippen LogP contribution >= 0.6 is 0 Å². The lowest BCUT2D eigenvalue weighted by atomic mass is 9.83. The van der Waals surface area contributed by atoms with Crippen molar-refractivity contribution in [1.82, 2.24) is 10.2 Å². The van der Waals surface area contributed by atoms with Crippen molar-refractivity contribution in [1.29, 1.82) is 0 Å². The van der Waals surface area contributed by atoms with Crippen molar-refractivity contribution in [2.24, 2.45) is 5.92 Å². The highest BCUT2D eigenvalue weighted by Gasteiger charge is 2.28. The Hall–Kier alpha value is -1.83. The molecule has 2 saturated heterocycles. The van der Waals surface area contributed by atoms with Crippen LogP contribution < -0.4 is 14.8 Å². The van der Waals surface area contributed by atoms with E-state index in [1.165, 1.54) is 44.2 Å². The Kier molecular flexibility index (Phi) is 7.69. The summed E-state index contributed by atoms with van der Waals surface area (Å²) in [4.78, 5) is 15.0. The lowest BCUT2D eigenvalue weighted by molar-refractivity contribution is -0.132. The Balaban J connectivity index is 0.980. The molecule has 1 N–H and O–H groups in total. The number of hydrogen-bond donors (Lipinski definition) is 1. The molecule has 1 aromatic rings. The fourth-order valence-electron chi connectivity index (χ4n) is 5.85. The zero-order chi connectivity index (χ0) is 22.5. The smallest absolute Gasteiger partial charge is 0.231 e. The molecule has 1 aliphatic carbocycles. The largest absolute Gasteiger partial charge is 0.454 e. The highest BCUT2D eigenvalue weighted by atomic mass is 16.7. The summed E-state index contributed by atoms with van der Waals surface area (Å²) in [6.45, 7) is 5.63. The molecule has 1 amide bonds. The van der Waals surface area contributed by atoms with Gasteiger partial charge in [0.05, 0.1) is 32.3 Å². The van der Waals surface area contributed by atoms with E-state index in [2.05, 4.69) is 22.3 Å². The van der Waals surface area contributed by atoms with Gasteiger partial charge in [0, 0.05) is 11.6 Å². The van der Waals surface area contributed by atoms with Crippen LogP contribution in [-0.2, 0) is 14.3 Å². The van der Waals surface area contributed by atoms with Crippen molar-refractivity contribution in [3.05, 3.63) is 23.8 Å². The van der Waals surface area contributed by atoms with Gasteiger partial charge in [-0.05, 0) is 82.5 Å². The van der Waals surface area contributed by atoms with Crippen LogP contribution in [0.5, 0.6) is 11.5 Å². The summed E-state index contributed by atoms with van der Waals surface area (Å²) in [5, 5.41) is 3.23. The first-order chi connectivity index (χ1) is 16.2. The Morgan fingerprint density at radius 3 is 2.67 bits per heavy atom. The maximum Gasteiger partial charge on any atom is 0.231 e. The van der Waals surface area contributed by atoms with E-state index in [0.717, 1.165) is 43.3 Å². The summed E-state index contributed by atoms with van der Waals surface area (Å²) in [6, 6.07) is 6.63. The van der Waals surface area contributed by atoms with E-state index in [-0.39, 0.29) is 12.0 Å². The van der Waals surface area contributed by atoms with Gasteiger partial charge in [-0.1, -0.05) is 12.1 Å². The SMILES string of the molecule is O=C(C[C@@H]1COCCO1)NC1CCC(CCN2CCC(c3cccc4c3OCO4)CC2)CC1. The maximum absolute atomic E-state index is 12.3. The molecule has 7 nitrogen and oxygen atoms in total. The first-order valence-electron chi connectivity index (χ1n) is 12.8. The molecular weight excluding hydrogens is 420 g/mol. The summed E-state index contributed by atoms with van der Waals surface area (Å²) in [7, 11) is 0. The number of fused-ring (bicyclic) bond motifs is 1. The Morgan fingerprint density at radius 1 is 1.03 bits per heavy atom. The molecule has 33 heavy (non-hydrogen) atoms. The molecule has 0 aromatic heterocycles. The second kappa shape index (κ2) is 11.1. The van der Waals surface area contributed by atoms with E-state index in [9.17, 15) is 4.79 Å². The lowest BCUT2D eigenvalue weighted by Gasteiger charge is -2.35. The van der Waals surface area contributed by atoms with E-state index in [4.69, 9.17) is 18.9 Å². The van der Waals surface area contributed by atoms with Crippen molar-refractivity contribution in [2.75, 3.05) is 46.2 Å². The van der Waals surface area contributed by atoms with Gasteiger partial charge in [0.1, 0.15) is 0 Å². The topological polar surface area (TPSA) is 69.3 Å². The Labute approximate surface area is 197 Å². The van der Waals surface area contributed by atoms with Crippen molar-refractivity contribution in [3.63, 3.8) is 0 Å². The highest BCUT2D eigenvalue weighted by molar-refractivity contribution is 5.76. The van der Waals surface area contributed by atoms with Gasteiger partial charge in [0.25, 0.3) is 0 Å². The molecule has 182 valence electrons. The van der Waals surface area contributed by atoms with Gasteiger partial charge >= 0.3 is 0 Å². The molecule has 0 radical (unpaired) electrons. The van der Waals surface area contributed by atoms with Crippen LogP contribution in [0.25, 0.3) is 0 Å². The third-order valence-electron chi connectivity index (χ3n) is 7.82. The van der Waals surface area contributed by atoms with Gasteiger partial charge in [-0.15, -0.1) is 0 Å². The molecule has 3 heterocycles. The number of benzene rings is 1. The summed E-state index contributed by atoms with van der Waals surface area (Å²) < 4.78 is 22.3. The predicted octanol–water partition coefficient (Wildman–Crippen LogP) is 3.47. The number of likely N-dealkylation sites (tertiary alicyclic amines) is 1. The monoisotopic (exact) mass is 458 g/mol. The normalized spacial score (nSPS) is 28.5. The Bertz CT molecular complexity index is 781. The summed E-state index contributed by atoms with van der Waals surface area (Å²) in [5.41, 5.74) is 1.33. The zero-order valence-electron chi connectivity index (χ0n) is 19.6. The molecule has 0 unspecified atom stereocenters. The number of rotatable bonds is 7. The van der Waals surface area contributed by atoms with E-state index in [1.807, 2.05) is 6.07 Å². The number of amides is 1. The second-order valence-electron chi connectivity index (χ2n) is 10.0. The van der Waals surface area contributed by atoms with Gasteiger partial charge in [0.2, 0.25) is 12.7 Å². The average molecular weight is 459 g/mol. The van der Waals surface area contributed by atoms with Crippen LogP contribution in [0.15, 0.2) is 18.2 Å². The number of carbonyl (C=O) groups excluding carboxylic acids is 1. The minimum absolute atomic E-state index is 0.0807. The number of nitrogens with one attached hydrogen (secondary N) is 1. The van der Waals surface area contributed by atoms with E-state index < -0.39 is 0 Å². The first-order valence-corrected chi connectivity index (χ1v) is 12.8. The lowest BCUT2D eigenvalue weighted by Crippen LogP contribution is -2.41. The van der Waals surface area contributed by atoms with E-state index in [1.54, 1.807) is 0 Å². The number of ether oxygens (including phenoxy) is 4. The fourth-order valence-corrected chi connectivity index (χ4v) is 5.85. The average Bonchev–Trinajstić information content (AvgIpc) is 3.34. The van der Waals surface area contributed by atoms with Crippen molar-refractivity contribution < 1.29 is 23.7 Å². The van der Waals surface area contributed by atoms with Crippen molar-refractivity contribution >= 4 is 5.91 Å². The quantitative estimate of drug-likeness (QED) is 0.675. The van der Waals surface area contributed by atoms with Gasteiger partial charge in [-0.2, -0.15) is 0 Å². The number of para-hydroxylation sites is 1. The Morgan fingerprint density at radius 2 is 1.88 bits per heavy atom. The molecule has 4 aliphatic rings. The highest BCUT2D eigenvalue weighted by Crippen LogP contribution is 2.42. The number of piperidine rings is 1. The minimum Gasteiger partial charge on any atom is -0.454 e. The van der Waals surface area contributed by atoms with Crippen LogP contribution in [0.2, 0.25) is 0 Å². The van der Waals surface area contributed by atoms with Crippen molar-refractivity contribution in [3.8, 4) is 11.5 Å². The molecule has 3 fully saturated rings. The van der Waals surface area contributed by atoms with Gasteiger partial charge in [-0.25, -0.2) is 0 Å². The van der Waals surface area contributed by atoms with Crippen LogP contribution in [0.3, 0.4) is 0 Å². The van der Waals surface area contributed by atoms with E-state index in [0.29, 0.717) is 45.0 Å². The number of hydrogen-bond acceptors (Lipinski definition) is 6. The molecule has 1 saturated carbocycles. The fraction of sp³-hybridized carbons (Fsp3) is 0.731. The third kappa shape index (κ3) is 6.00. The molecule has 1 aromatic carbocycles. The van der Waals surface area contributed by atoms with Crippen molar-refractivity contribution in [2.45, 2.75) is 69.4 Å². The first kappa shape index (κ1) is 22.9. The minimum atomic E-state index is -0.0807. The van der Waals surface area contributed by atoms with Crippen LogP contribution in [-0.4, -0.2) is 69.2 Å². The molecule has 5 rings (SSSR count). The molecular formula is C26H38N2O5. The predicted molar refractivity (Wildman–Crippen MR) is 125 cm³/mol. The van der Waals surface area contributed by atoms with Crippen LogP contribution in [0.1, 0.15) is 62.8 Å². The van der Waals surface area contributed by atoms with Crippen LogP contribution in [0, 0.1) is 5.92 Å². The van der Waals surface area contributed by atoms with Gasteiger partial charge in [-0.3, -0.25) is 4.79 Å². The number of nitrogens with zero attached hydrogens (tertiary/aromatic N) is 1.